The second kappa shape index (κ2) is 17.8. The molecule has 3 atom stereocenters. The zero-order valence-electron chi connectivity index (χ0n) is 24.6. The highest BCUT2D eigenvalue weighted by molar-refractivity contribution is 5.76. The average Bonchev–Trinajstić information content (AvgIpc) is 2.97. The minimum absolute atomic E-state index is 0.0351. The zero-order valence-corrected chi connectivity index (χ0v) is 24.6. The summed E-state index contributed by atoms with van der Waals surface area (Å²) in [6, 6.07) is 19.5. The van der Waals surface area contributed by atoms with E-state index in [9.17, 15) is 9.59 Å². The summed E-state index contributed by atoms with van der Waals surface area (Å²) in [4.78, 5) is 25.0. The summed E-state index contributed by atoms with van der Waals surface area (Å²) in [5.41, 5.74) is 2.67. The van der Waals surface area contributed by atoms with Gasteiger partial charge in [-0.3, -0.25) is 9.59 Å². The molecule has 7 nitrogen and oxygen atoms in total. The van der Waals surface area contributed by atoms with Crippen LogP contribution in [0, 0.1) is 11.8 Å². The number of Topliss-reactive ketones (excluding diaryl/α,β-unsaturated/α-hetero) is 1. The van der Waals surface area contributed by atoms with E-state index in [0.29, 0.717) is 30.9 Å². The number of ether oxygens (including phenoxy) is 2. The van der Waals surface area contributed by atoms with Crippen molar-refractivity contribution in [3.63, 3.8) is 0 Å². The van der Waals surface area contributed by atoms with Crippen molar-refractivity contribution in [2.45, 2.75) is 58.0 Å². The summed E-state index contributed by atoms with van der Waals surface area (Å²) in [5.74, 6) is 2.15. The molecule has 0 aromatic heterocycles. The van der Waals surface area contributed by atoms with E-state index >= 15 is 0 Å². The molecule has 0 aliphatic carbocycles. The molecule has 1 unspecified atom stereocenters. The van der Waals surface area contributed by atoms with Gasteiger partial charge in [-0.15, -0.1) is 0 Å². The van der Waals surface area contributed by atoms with Crippen molar-refractivity contribution in [3.8, 4) is 5.75 Å². The number of likely N-dealkylation sites (tertiary alicyclic amines) is 1. The number of carbonyl (C=O) groups excluding carboxylic acids is 2. The highest BCUT2D eigenvalue weighted by Gasteiger charge is 2.31. The third kappa shape index (κ3) is 10.3. The molecule has 7 heteroatoms. The number of amides is 1. The molecule has 1 aliphatic rings. The maximum absolute atomic E-state index is 11.7. The van der Waals surface area contributed by atoms with Crippen LogP contribution in [0.1, 0.15) is 63.0 Å². The van der Waals surface area contributed by atoms with Gasteiger partial charge in [-0.1, -0.05) is 55.8 Å². The number of rotatable bonds is 19. The van der Waals surface area contributed by atoms with E-state index in [0.717, 1.165) is 70.4 Å². The second-order valence-corrected chi connectivity index (χ2v) is 11.0. The third-order valence-electron chi connectivity index (χ3n) is 7.94. The zero-order chi connectivity index (χ0) is 28.6. The number of hydrogen-bond donors (Lipinski definition) is 2. The quantitative estimate of drug-likeness (QED) is 0.195. The first kappa shape index (κ1) is 31.8. The Kier molecular flexibility index (Phi) is 14.2. The van der Waals surface area contributed by atoms with Crippen LogP contribution < -0.4 is 15.4 Å². The summed E-state index contributed by atoms with van der Waals surface area (Å²) < 4.78 is 12.1. The number of nitrogens with zero attached hydrogens (tertiary/aromatic N) is 1. The number of carbonyl (C=O) groups is 2. The molecule has 0 bridgehead atoms. The number of nitrogens with one attached hydrogen (secondary N) is 2. The predicted molar refractivity (Wildman–Crippen MR) is 161 cm³/mol. The van der Waals surface area contributed by atoms with E-state index in [1.54, 1.807) is 6.92 Å². The van der Waals surface area contributed by atoms with Crippen molar-refractivity contribution in [2.75, 3.05) is 53.0 Å². The summed E-state index contributed by atoms with van der Waals surface area (Å²) in [6.07, 6.45) is 5.74. The topological polar surface area (TPSA) is 79.9 Å². The fourth-order valence-corrected chi connectivity index (χ4v) is 6.00. The Morgan fingerprint density at radius 2 is 1.80 bits per heavy atom. The van der Waals surface area contributed by atoms with Crippen LogP contribution in [0.3, 0.4) is 0 Å². The minimum Gasteiger partial charge on any atom is -0.492 e. The van der Waals surface area contributed by atoms with Crippen molar-refractivity contribution < 1.29 is 19.1 Å². The minimum atomic E-state index is -0.0447. The number of piperidine rings is 1. The van der Waals surface area contributed by atoms with Gasteiger partial charge in [-0.05, 0) is 87.8 Å². The molecule has 1 amide bonds. The lowest BCUT2D eigenvalue weighted by atomic mass is 9.76. The fraction of sp³-hybridized carbons (Fsp3) is 0.576. The molecular formula is C33H49N3O4. The lowest BCUT2D eigenvalue weighted by Gasteiger charge is -2.39. The molecule has 40 heavy (non-hydrogen) atoms. The van der Waals surface area contributed by atoms with E-state index in [2.05, 4.69) is 71.0 Å². The van der Waals surface area contributed by atoms with Crippen molar-refractivity contribution in [1.29, 1.82) is 0 Å². The van der Waals surface area contributed by atoms with E-state index in [-0.39, 0.29) is 18.5 Å². The molecular weight excluding hydrogens is 502 g/mol. The number of hydrogen-bond acceptors (Lipinski definition) is 6. The van der Waals surface area contributed by atoms with Gasteiger partial charge in [-0.25, -0.2) is 0 Å². The van der Waals surface area contributed by atoms with Gasteiger partial charge < -0.3 is 25.0 Å². The molecule has 0 spiro atoms. The summed E-state index contributed by atoms with van der Waals surface area (Å²) in [6.45, 7) is 8.95. The van der Waals surface area contributed by atoms with Crippen LogP contribution in [0.15, 0.2) is 54.6 Å². The highest BCUT2D eigenvalue weighted by atomic mass is 16.5. The van der Waals surface area contributed by atoms with Crippen molar-refractivity contribution in [2.24, 2.45) is 11.8 Å². The van der Waals surface area contributed by atoms with E-state index < -0.39 is 0 Å². The molecule has 2 aromatic rings. The van der Waals surface area contributed by atoms with Crippen molar-refractivity contribution >= 4 is 12.2 Å². The molecule has 0 radical (unpaired) electrons. The van der Waals surface area contributed by atoms with Crippen LogP contribution in [0.2, 0.25) is 0 Å². The molecule has 3 rings (SSSR count). The highest BCUT2D eigenvalue weighted by Crippen LogP contribution is 2.39. The van der Waals surface area contributed by atoms with Gasteiger partial charge in [0.05, 0.1) is 6.10 Å². The first-order valence-corrected chi connectivity index (χ1v) is 15.0. The van der Waals surface area contributed by atoms with Gasteiger partial charge >= 0.3 is 0 Å². The molecule has 0 saturated carbocycles. The Hall–Kier alpha value is -2.74. The van der Waals surface area contributed by atoms with Gasteiger partial charge in [0, 0.05) is 25.6 Å². The second-order valence-electron chi connectivity index (χ2n) is 11.0. The van der Waals surface area contributed by atoms with Crippen LogP contribution in [0.25, 0.3) is 0 Å². The monoisotopic (exact) mass is 551 g/mol. The SMILES string of the molecule is CCC[C@H](CN1CCC(C(c2ccccc2)c2cccc(OCCNC)c2)CC1)[C@H](CCNC=O)OCC(C)=O. The van der Waals surface area contributed by atoms with Gasteiger partial charge in [0.25, 0.3) is 0 Å². The lowest BCUT2D eigenvalue weighted by molar-refractivity contribution is -0.125. The Balaban J connectivity index is 1.70. The molecule has 1 heterocycles. The Bertz CT molecular complexity index is 994. The molecule has 2 N–H and O–H groups in total. The Labute approximate surface area is 241 Å². The van der Waals surface area contributed by atoms with Gasteiger partial charge in [-0.2, -0.15) is 0 Å². The molecule has 1 fully saturated rings. The lowest BCUT2D eigenvalue weighted by Crippen LogP contribution is -2.42. The standard InChI is InChI=1S/C33H49N3O4/c1-4-9-30(32(14-17-35-25-37)40-24-26(2)38)23-36-19-15-28(16-20-36)33(27-10-6-5-7-11-27)29-12-8-13-31(22-29)39-21-18-34-3/h5-8,10-13,22,25,28,30,32-34H,4,9,14-21,23-24H2,1-3H3,(H,35,37)/t30-,32+,33?/m1/s1. The van der Waals surface area contributed by atoms with Crippen LogP contribution in [-0.2, 0) is 14.3 Å². The molecule has 1 aliphatic heterocycles. The van der Waals surface area contributed by atoms with Crippen LogP contribution in [-0.4, -0.2) is 76.2 Å². The van der Waals surface area contributed by atoms with Gasteiger partial charge in [0.15, 0.2) is 5.78 Å². The molecule has 2 aromatic carbocycles. The summed E-state index contributed by atoms with van der Waals surface area (Å²) in [7, 11) is 1.94. The van der Waals surface area contributed by atoms with E-state index in [1.165, 1.54) is 11.1 Å². The smallest absolute Gasteiger partial charge is 0.207 e. The third-order valence-corrected chi connectivity index (χ3v) is 7.94. The first-order valence-electron chi connectivity index (χ1n) is 15.0. The first-order chi connectivity index (χ1) is 19.5. The number of benzene rings is 2. The fourth-order valence-electron chi connectivity index (χ4n) is 6.00. The van der Waals surface area contributed by atoms with E-state index in [4.69, 9.17) is 9.47 Å². The predicted octanol–water partition coefficient (Wildman–Crippen LogP) is 4.66. The molecule has 1 saturated heterocycles. The van der Waals surface area contributed by atoms with Gasteiger partial charge in [0.2, 0.25) is 6.41 Å². The average molecular weight is 552 g/mol. The maximum atomic E-state index is 11.7. The Morgan fingerprint density at radius 1 is 1.05 bits per heavy atom. The number of ketones is 1. The van der Waals surface area contributed by atoms with Gasteiger partial charge in [0.1, 0.15) is 19.0 Å². The maximum Gasteiger partial charge on any atom is 0.207 e. The normalized spacial score (nSPS) is 16.7. The van der Waals surface area contributed by atoms with Crippen molar-refractivity contribution in [1.82, 2.24) is 15.5 Å². The van der Waals surface area contributed by atoms with Crippen LogP contribution >= 0.6 is 0 Å². The summed E-state index contributed by atoms with van der Waals surface area (Å²) >= 11 is 0. The van der Waals surface area contributed by atoms with Crippen molar-refractivity contribution in [3.05, 3.63) is 65.7 Å². The Morgan fingerprint density at radius 3 is 2.48 bits per heavy atom. The van der Waals surface area contributed by atoms with E-state index in [1.807, 2.05) is 13.1 Å². The summed E-state index contributed by atoms with van der Waals surface area (Å²) in [5, 5.41) is 5.90. The molecule has 220 valence electrons. The van der Waals surface area contributed by atoms with Crippen LogP contribution in [0.4, 0.5) is 0 Å². The van der Waals surface area contributed by atoms with Crippen LogP contribution in [0.5, 0.6) is 5.75 Å². The largest absolute Gasteiger partial charge is 0.492 e. The number of likely N-dealkylation sites (N-methyl/N-ethyl adjacent to an activating group) is 1.